The van der Waals surface area contributed by atoms with E-state index in [9.17, 15) is 14.0 Å². The lowest BCUT2D eigenvalue weighted by Gasteiger charge is -2.31. The largest absolute Gasteiger partial charge is 0.339 e. The van der Waals surface area contributed by atoms with Crippen LogP contribution in [0.15, 0.2) is 48.5 Å². The number of carbonyl (C=O) groups excluding carboxylic acids is 2. The summed E-state index contributed by atoms with van der Waals surface area (Å²) >= 11 is 1.22. The minimum absolute atomic E-state index is 0.0498. The lowest BCUT2D eigenvalue weighted by Crippen LogP contribution is -2.38. The lowest BCUT2D eigenvalue weighted by molar-refractivity contribution is 0.0712. The summed E-state index contributed by atoms with van der Waals surface area (Å²) in [6.07, 6.45) is 1.53. The zero-order valence-corrected chi connectivity index (χ0v) is 17.3. The Morgan fingerprint density at radius 3 is 2.50 bits per heavy atom. The first-order chi connectivity index (χ1) is 14.5. The fourth-order valence-electron chi connectivity index (χ4n) is 3.54. The molecule has 1 fully saturated rings. The van der Waals surface area contributed by atoms with E-state index in [1.807, 2.05) is 36.1 Å². The maximum absolute atomic E-state index is 13.7. The average Bonchev–Trinajstić information content (AvgIpc) is 3.26. The number of aromatic nitrogens is 2. The van der Waals surface area contributed by atoms with Crippen LogP contribution in [0, 0.1) is 12.7 Å². The monoisotopic (exact) mass is 424 g/mol. The number of hydrogen-bond acceptors (Lipinski definition) is 5. The van der Waals surface area contributed by atoms with Crippen molar-refractivity contribution < 1.29 is 14.0 Å². The van der Waals surface area contributed by atoms with E-state index in [1.165, 1.54) is 23.5 Å². The number of benzene rings is 2. The first-order valence-corrected chi connectivity index (χ1v) is 10.6. The molecular formula is C22H21FN4O2S. The van der Waals surface area contributed by atoms with E-state index in [-0.39, 0.29) is 22.5 Å². The predicted molar refractivity (Wildman–Crippen MR) is 113 cm³/mol. The Kier molecular flexibility index (Phi) is 5.85. The van der Waals surface area contributed by atoms with E-state index >= 15 is 0 Å². The van der Waals surface area contributed by atoms with Gasteiger partial charge in [-0.2, -0.15) is 0 Å². The van der Waals surface area contributed by atoms with Crippen molar-refractivity contribution in [2.75, 3.05) is 18.4 Å². The van der Waals surface area contributed by atoms with Gasteiger partial charge in [0.2, 0.25) is 5.01 Å². The normalized spacial score (nSPS) is 14.5. The molecule has 8 heteroatoms. The molecule has 4 rings (SSSR count). The molecule has 2 aromatic carbocycles. The molecule has 0 spiro atoms. The number of nitrogens with one attached hydrogen (secondary N) is 1. The van der Waals surface area contributed by atoms with Gasteiger partial charge in [0.1, 0.15) is 10.8 Å². The van der Waals surface area contributed by atoms with Crippen LogP contribution in [0.5, 0.6) is 0 Å². The summed E-state index contributed by atoms with van der Waals surface area (Å²) in [7, 11) is 0. The molecule has 1 aliphatic rings. The number of halogens is 1. The molecule has 0 radical (unpaired) electrons. The maximum atomic E-state index is 13.7. The molecule has 0 bridgehead atoms. The van der Waals surface area contributed by atoms with E-state index in [0.717, 1.165) is 29.0 Å². The van der Waals surface area contributed by atoms with Gasteiger partial charge in [-0.25, -0.2) is 4.39 Å². The van der Waals surface area contributed by atoms with Gasteiger partial charge in [0.05, 0.1) is 5.69 Å². The second-order valence-corrected chi connectivity index (χ2v) is 8.27. The third-order valence-electron chi connectivity index (χ3n) is 5.26. The molecule has 1 aliphatic heterocycles. The molecule has 0 aliphatic carbocycles. The number of anilines is 1. The molecule has 3 aromatic rings. The molecule has 0 unspecified atom stereocenters. The van der Waals surface area contributed by atoms with Crippen LogP contribution < -0.4 is 5.32 Å². The zero-order valence-electron chi connectivity index (χ0n) is 16.5. The summed E-state index contributed by atoms with van der Waals surface area (Å²) in [4.78, 5) is 27.0. The third-order valence-corrected chi connectivity index (χ3v) is 6.35. The van der Waals surface area contributed by atoms with Crippen LogP contribution in [0.3, 0.4) is 0 Å². The Balaban J connectivity index is 1.37. The number of piperidine rings is 1. The number of amides is 2. The summed E-state index contributed by atoms with van der Waals surface area (Å²) in [5, 5.41) is 11.7. The van der Waals surface area contributed by atoms with Crippen LogP contribution in [0.25, 0.3) is 0 Å². The van der Waals surface area contributed by atoms with Crippen LogP contribution >= 0.6 is 11.3 Å². The van der Waals surface area contributed by atoms with Crippen molar-refractivity contribution >= 4 is 28.8 Å². The first kappa shape index (κ1) is 20.2. The van der Waals surface area contributed by atoms with E-state index in [4.69, 9.17) is 0 Å². The van der Waals surface area contributed by atoms with Gasteiger partial charge in [-0.15, -0.1) is 10.2 Å². The van der Waals surface area contributed by atoms with Gasteiger partial charge < -0.3 is 10.2 Å². The minimum atomic E-state index is -0.499. The Hall–Kier alpha value is -3.13. The molecule has 1 saturated heterocycles. The number of aryl methyl sites for hydroxylation is 1. The van der Waals surface area contributed by atoms with Gasteiger partial charge in [-0.3, -0.25) is 9.59 Å². The Bertz CT molecular complexity index is 1080. The summed E-state index contributed by atoms with van der Waals surface area (Å²) in [6.45, 7) is 3.21. The van der Waals surface area contributed by atoms with Crippen molar-refractivity contribution in [2.24, 2.45) is 0 Å². The number of carbonyl (C=O) groups is 2. The fourth-order valence-corrected chi connectivity index (χ4v) is 4.45. The van der Waals surface area contributed by atoms with E-state index in [0.29, 0.717) is 13.1 Å². The highest BCUT2D eigenvalue weighted by molar-refractivity contribution is 7.13. The topological polar surface area (TPSA) is 75.2 Å². The number of nitrogens with zero attached hydrogens (tertiary/aromatic N) is 3. The van der Waals surface area contributed by atoms with E-state index in [1.54, 1.807) is 12.1 Å². The average molecular weight is 425 g/mol. The summed E-state index contributed by atoms with van der Waals surface area (Å²) in [5.74, 6) is -0.774. The van der Waals surface area contributed by atoms with Crippen molar-refractivity contribution in [3.8, 4) is 0 Å². The first-order valence-electron chi connectivity index (χ1n) is 9.77. The quantitative estimate of drug-likeness (QED) is 0.679. The fraction of sp³-hybridized carbons (Fsp3) is 0.273. The third kappa shape index (κ3) is 4.23. The maximum Gasteiger partial charge on any atom is 0.286 e. The van der Waals surface area contributed by atoms with Crippen LogP contribution in [0.2, 0.25) is 0 Å². The number of hydrogen-bond donors (Lipinski definition) is 1. The molecule has 1 N–H and O–H groups in total. The Morgan fingerprint density at radius 2 is 1.77 bits per heavy atom. The summed E-state index contributed by atoms with van der Waals surface area (Å²) < 4.78 is 13.7. The molecule has 6 nitrogen and oxygen atoms in total. The number of para-hydroxylation sites is 1. The molecule has 1 aromatic heterocycles. The van der Waals surface area contributed by atoms with Crippen molar-refractivity contribution in [1.82, 2.24) is 15.1 Å². The van der Waals surface area contributed by atoms with Crippen LogP contribution in [-0.2, 0) is 0 Å². The van der Waals surface area contributed by atoms with E-state index in [2.05, 4.69) is 15.5 Å². The standard InChI is InChI=1S/C22H21FN4O2S/c1-14-6-2-3-7-16(14)22(29)27-12-10-15(11-13-27)20-25-26-21(30-20)19(28)24-18-9-5-4-8-17(18)23/h2-9,15H,10-13H2,1H3,(H,24,28). The van der Waals surface area contributed by atoms with Gasteiger partial charge in [0.25, 0.3) is 11.8 Å². The highest BCUT2D eigenvalue weighted by Crippen LogP contribution is 2.31. The predicted octanol–water partition coefficient (Wildman–Crippen LogP) is 4.26. The molecule has 2 amide bonds. The van der Waals surface area contributed by atoms with Gasteiger partial charge >= 0.3 is 0 Å². The van der Waals surface area contributed by atoms with Gasteiger partial charge in [0.15, 0.2) is 0 Å². The van der Waals surface area contributed by atoms with Crippen LogP contribution in [-0.4, -0.2) is 40.0 Å². The van der Waals surface area contributed by atoms with Crippen molar-refractivity contribution in [2.45, 2.75) is 25.7 Å². The van der Waals surface area contributed by atoms with Crippen molar-refractivity contribution in [1.29, 1.82) is 0 Å². The Morgan fingerprint density at radius 1 is 1.07 bits per heavy atom. The van der Waals surface area contributed by atoms with Crippen LogP contribution in [0.4, 0.5) is 10.1 Å². The van der Waals surface area contributed by atoms with Gasteiger partial charge in [0, 0.05) is 24.6 Å². The molecule has 30 heavy (non-hydrogen) atoms. The number of likely N-dealkylation sites (tertiary alicyclic amines) is 1. The second kappa shape index (κ2) is 8.71. The highest BCUT2D eigenvalue weighted by Gasteiger charge is 2.28. The Labute approximate surface area is 177 Å². The molecular weight excluding hydrogens is 403 g/mol. The smallest absolute Gasteiger partial charge is 0.286 e. The summed E-state index contributed by atoms with van der Waals surface area (Å²) in [6, 6.07) is 13.6. The molecule has 0 atom stereocenters. The van der Waals surface area contributed by atoms with Gasteiger partial charge in [-0.05, 0) is 43.5 Å². The second-order valence-electron chi connectivity index (χ2n) is 7.26. The SMILES string of the molecule is Cc1ccccc1C(=O)N1CCC(c2nnc(C(=O)Nc3ccccc3F)s2)CC1. The molecule has 154 valence electrons. The minimum Gasteiger partial charge on any atom is -0.339 e. The molecule has 0 saturated carbocycles. The van der Waals surface area contributed by atoms with Crippen molar-refractivity contribution in [3.63, 3.8) is 0 Å². The van der Waals surface area contributed by atoms with Gasteiger partial charge in [-0.1, -0.05) is 41.7 Å². The number of rotatable bonds is 4. The van der Waals surface area contributed by atoms with Crippen LogP contribution in [0.1, 0.15) is 49.5 Å². The highest BCUT2D eigenvalue weighted by atomic mass is 32.1. The van der Waals surface area contributed by atoms with E-state index < -0.39 is 11.7 Å². The zero-order chi connectivity index (χ0) is 21.1. The van der Waals surface area contributed by atoms with Crippen molar-refractivity contribution in [3.05, 3.63) is 75.5 Å². The summed E-state index contributed by atoms with van der Waals surface area (Å²) in [5.41, 5.74) is 1.82. The lowest BCUT2D eigenvalue weighted by atomic mass is 9.96. The molecule has 2 heterocycles.